The number of para-hydroxylation sites is 1. The molecule has 8 nitrogen and oxygen atoms in total. The van der Waals surface area contributed by atoms with E-state index in [0.29, 0.717) is 35.2 Å². The minimum Gasteiger partial charge on any atom is -0.493 e. The molecule has 4 aromatic rings. The molecule has 2 aromatic heterocycles. The summed E-state index contributed by atoms with van der Waals surface area (Å²) in [5, 5.41) is 24.6. The van der Waals surface area contributed by atoms with Crippen LogP contribution in [0.25, 0.3) is 21.7 Å². The third kappa shape index (κ3) is 3.79. The Balaban J connectivity index is 1.78. The van der Waals surface area contributed by atoms with Gasteiger partial charge in [-0.25, -0.2) is 4.68 Å². The van der Waals surface area contributed by atoms with Crippen LogP contribution < -0.4 is 5.56 Å². The Morgan fingerprint density at radius 2 is 1.72 bits per heavy atom. The van der Waals surface area contributed by atoms with E-state index < -0.39 is 5.91 Å². The highest BCUT2D eigenvalue weighted by atomic mass is 16.3. The van der Waals surface area contributed by atoms with Crippen molar-refractivity contribution in [2.24, 2.45) is 16.1 Å². The van der Waals surface area contributed by atoms with E-state index in [1.54, 1.807) is 35.8 Å². The summed E-state index contributed by atoms with van der Waals surface area (Å²) in [4.78, 5) is 25.5. The highest BCUT2D eigenvalue weighted by Crippen LogP contribution is 2.39. The Bertz CT molecular complexity index is 1400. The van der Waals surface area contributed by atoms with E-state index in [-0.39, 0.29) is 22.8 Å². The van der Waals surface area contributed by atoms with Crippen LogP contribution in [0.3, 0.4) is 0 Å². The van der Waals surface area contributed by atoms with Crippen molar-refractivity contribution in [3.05, 3.63) is 64.6 Å². The second-order valence-electron chi connectivity index (χ2n) is 8.04. The maximum atomic E-state index is 13.0. The maximum absolute atomic E-state index is 13.0. The van der Waals surface area contributed by atoms with Gasteiger partial charge in [0, 0.05) is 23.9 Å². The molecule has 0 saturated carbocycles. The summed E-state index contributed by atoms with van der Waals surface area (Å²) < 4.78 is 3.03. The molecule has 0 saturated heterocycles. The molecule has 1 N–H and O–H groups in total. The van der Waals surface area contributed by atoms with Crippen LogP contribution in [0.1, 0.15) is 37.7 Å². The molecule has 8 heteroatoms. The summed E-state index contributed by atoms with van der Waals surface area (Å²) in [6.07, 6.45) is 0.885. The molecule has 0 aliphatic heterocycles. The number of aromatic nitrogens is 3. The van der Waals surface area contributed by atoms with Crippen LogP contribution in [0.4, 0.5) is 5.69 Å². The zero-order chi connectivity index (χ0) is 22.8. The monoisotopic (exact) mass is 431 g/mol. The zero-order valence-corrected chi connectivity index (χ0v) is 18.3. The minimum atomic E-state index is -0.679. The van der Waals surface area contributed by atoms with Crippen molar-refractivity contribution in [2.45, 2.75) is 40.3 Å². The average Bonchev–Trinajstić information content (AvgIpc) is 3.07. The Morgan fingerprint density at radius 3 is 2.41 bits per heavy atom. The van der Waals surface area contributed by atoms with Gasteiger partial charge in [0.15, 0.2) is 11.4 Å². The SMILES string of the molecule is CCn1nc(C(=O)N=Nc2c(O)n(CCC(C)C)c3ccccc23)c2ccccc2c1=O. The topological polar surface area (TPSA) is 102 Å². The number of rotatable bonds is 6. The Kier molecular flexibility index (Phi) is 5.85. The van der Waals surface area contributed by atoms with E-state index >= 15 is 0 Å². The number of nitrogens with zero attached hydrogens (tertiary/aromatic N) is 5. The predicted molar refractivity (Wildman–Crippen MR) is 124 cm³/mol. The van der Waals surface area contributed by atoms with Crippen molar-refractivity contribution in [3.63, 3.8) is 0 Å². The molecular formula is C24H25N5O3. The third-order valence-electron chi connectivity index (χ3n) is 5.46. The average molecular weight is 431 g/mol. The van der Waals surface area contributed by atoms with E-state index in [1.807, 2.05) is 24.3 Å². The van der Waals surface area contributed by atoms with Gasteiger partial charge in [0.25, 0.3) is 5.56 Å². The van der Waals surface area contributed by atoms with Crippen molar-refractivity contribution in [1.29, 1.82) is 0 Å². The van der Waals surface area contributed by atoms with Gasteiger partial charge in [0.1, 0.15) is 0 Å². The van der Waals surface area contributed by atoms with Crippen LogP contribution in [0, 0.1) is 5.92 Å². The first-order valence-electron chi connectivity index (χ1n) is 10.7. The first-order valence-corrected chi connectivity index (χ1v) is 10.7. The van der Waals surface area contributed by atoms with Crippen molar-refractivity contribution < 1.29 is 9.90 Å². The molecule has 0 atom stereocenters. The fourth-order valence-corrected chi connectivity index (χ4v) is 3.73. The van der Waals surface area contributed by atoms with Crippen molar-refractivity contribution in [2.75, 3.05) is 0 Å². The first kappa shape index (κ1) is 21.4. The Morgan fingerprint density at radius 1 is 1.06 bits per heavy atom. The molecule has 4 rings (SSSR count). The van der Waals surface area contributed by atoms with Gasteiger partial charge in [0.05, 0.1) is 10.9 Å². The lowest BCUT2D eigenvalue weighted by atomic mass is 10.1. The second kappa shape index (κ2) is 8.74. The number of fused-ring (bicyclic) bond motifs is 2. The summed E-state index contributed by atoms with van der Waals surface area (Å²) in [7, 11) is 0. The third-order valence-corrected chi connectivity index (χ3v) is 5.46. The molecule has 0 bridgehead atoms. The molecule has 0 spiro atoms. The largest absolute Gasteiger partial charge is 0.493 e. The zero-order valence-electron chi connectivity index (χ0n) is 18.3. The normalized spacial score (nSPS) is 11.9. The number of azo groups is 1. The fourth-order valence-electron chi connectivity index (χ4n) is 3.73. The van der Waals surface area contributed by atoms with Crippen LogP contribution in [-0.2, 0) is 13.1 Å². The summed E-state index contributed by atoms with van der Waals surface area (Å²) in [5.41, 5.74) is 0.859. The van der Waals surface area contributed by atoms with Gasteiger partial charge in [-0.2, -0.15) is 5.10 Å². The highest BCUT2D eigenvalue weighted by molar-refractivity contribution is 6.05. The molecule has 32 heavy (non-hydrogen) atoms. The Hall–Kier alpha value is -3.81. The summed E-state index contributed by atoms with van der Waals surface area (Å²) in [5.74, 6) is -0.239. The molecule has 2 heterocycles. The van der Waals surface area contributed by atoms with Crippen molar-refractivity contribution in [1.82, 2.24) is 14.3 Å². The molecule has 1 amide bonds. The van der Waals surface area contributed by atoms with Gasteiger partial charge < -0.3 is 9.67 Å². The lowest BCUT2D eigenvalue weighted by molar-refractivity contribution is 0.0990. The van der Waals surface area contributed by atoms with E-state index in [2.05, 4.69) is 29.2 Å². The number of aryl methyl sites for hydroxylation is 2. The molecule has 0 fully saturated rings. The van der Waals surface area contributed by atoms with Crippen LogP contribution in [-0.4, -0.2) is 25.4 Å². The minimum absolute atomic E-state index is 0.0280. The summed E-state index contributed by atoms with van der Waals surface area (Å²) >= 11 is 0. The van der Waals surface area contributed by atoms with E-state index in [0.717, 1.165) is 11.9 Å². The van der Waals surface area contributed by atoms with Gasteiger partial charge in [-0.05, 0) is 31.4 Å². The lowest BCUT2D eigenvalue weighted by Crippen LogP contribution is -2.24. The number of aromatic hydroxyl groups is 1. The van der Waals surface area contributed by atoms with Gasteiger partial charge in [-0.15, -0.1) is 10.2 Å². The number of carbonyl (C=O) groups is 1. The molecule has 2 aromatic carbocycles. The lowest BCUT2D eigenvalue weighted by Gasteiger charge is -2.08. The number of hydrogen-bond donors (Lipinski definition) is 1. The van der Waals surface area contributed by atoms with E-state index in [9.17, 15) is 14.7 Å². The quantitative estimate of drug-likeness (QED) is 0.432. The van der Waals surface area contributed by atoms with Crippen LogP contribution in [0.2, 0.25) is 0 Å². The highest BCUT2D eigenvalue weighted by Gasteiger charge is 2.19. The standard InChI is InChI=1S/C24H25N5O3/c1-4-29-23(31)17-10-6-5-9-16(17)20(27-29)22(30)26-25-21-18-11-7-8-12-19(18)28(24(21)32)14-13-15(2)3/h5-12,15,32H,4,13-14H2,1-3H3. The van der Waals surface area contributed by atoms with Crippen molar-refractivity contribution in [3.8, 4) is 5.88 Å². The van der Waals surface area contributed by atoms with Crippen molar-refractivity contribution >= 4 is 33.3 Å². The predicted octanol–water partition coefficient (Wildman–Crippen LogP) is 5.05. The summed E-state index contributed by atoms with van der Waals surface area (Å²) in [6, 6.07) is 14.3. The van der Waals surface area contributed by atoms with Gasteiger partial charge >= 0.3 is 5.91 Å². The maximum Gasteiger partial charge on any atom is 0.316 e. The van der Waals surface area contributed by atoms with E-state index in [4.69, 9.17) is 0 Å². The number of hydrogen-bond acceptors (Lipinski definition) is 5. The second-order valence-corrected chi connectivity index (χ2v) is 8.04. The van der Waals surface area contributed by atoms with Crippen LogP contribution in [0.5, 0.6) is 5.88 Å². The number of benzene rings is 2. The molecule has 0 radical (unpaired) electrons. The molecule has 164 valence electrons. The fraction of sp³-hybridized carbons (Fsp3) is 0.292. The van der Waals surface area contributed by atoms with Crippen LogP contribution >= 0.6 is 0 Å². The smallest absolute Gasteiger partial charge is 0.316 e. The number of carbonyl (C=O) groups excluding carboxylic acids is 1. The van der Waals surface area contributed by atoms with Gasteiger partial charge in [-0.1, -0.05) is 50.2 Å². The van der Waals surface area contributed by atoms with Gasteiger partial charge in [0.2, 0.25) is 5.88 Å². The molecular weight excluding hydrogens is 406 g/mol. The number of amides is 1. The first-order chi connectivity index (χ1) is 15.4. The molecule has 0 aliphatic carbocycles. The molecule has 0 unspecified atom stereocenters. The van der Waals surface area contributed by atoms with E-state index in [1.165, 1.54) is 4.68 Å². The van der Waals surface area contributed by atoms with Crippen LogP contribution in [0.15, 0.2) is 63.6 Å². The van der Waals surface area contributed by atoms with Gasteiger partial charge in [-0.3, -0.25) is 9.59 Å². The Labute approximate surface area is 184 Å². The summed E-state index contributed by atoms with van der Waals surface area (Å²) in [6.45, 7) is 6.97. The molecule has 0 aliphatic rings.